The van der Waals surface area contributed by atoms with Gasteiger partial charge in [0, 0.05) is 27.4 Å². The maximum Gasteiger partial charge on any atom is 0.272 e. The van der Waals surface area contributed by atoms with Crippen molar-refractivity contribution in [3.8, 4) is 11.3 Å². The lowest BCUT2D eigenvalue weighted by atomic mass is 10.1. The second-order valence-corrected chi connectivity index (χ2v) is 10.7. The fourth-order valence-electron chi connectivity index (χ4n) is 5.36. The molecule has 4 aromatic rings. The molecule has 1 aromatic heterocycles. The number of hydrogen-bond acceptors (Lipinski definition) is 7. The molecule has 0 fully saturated rings. The summed E-state index contributed by atoms with van der Waals surface area (Å²) >= 11 is 3.28. The minimum atomic E-state index is -1.14. The average molecular weight is 619 g/mol. The summed E-state index contributed by atoms with van der Waals surface area (Å²) in [7, 11) is 0. The molecule has 13 heteroatoms. The number of carbonyl (C=O) groups excluding carboxylic acids is 3. The van der Waals surface area contributed by atoms with Crippen LogP contribution in [0.4, 0.5) is 15.8 Å². The first-order valence-corrected chi connectivity index (χ1v) is 13.4. The molecular weight excluding hydrogens is 599 g/mol. The number of nitro groups is 1. The number of hydrogen-bond donors (Lipinski definition) is 1. The van der Waals surface area contributed by atoms with Crippen molar-refractivity contribution in [3.05, 3.63) is 103 Å². The number of amides is 3. The van der Waals surface area contributed by atoms with Crippen LogP contribution in [0.5, 0.6) is 0 Å². The molecule has 3 aromatic carbocycles. The van der Waals surface area contributed by atoms with E-state index in [1.165, 1.54) is 43.3 Å². The summed E-state index contributed by atoms with van der Waals surface area (Å²) in [5, 5.41) is 22.3. The van der Waals surface area contributed by atoms with Crippen LogP contribution >= 0.6 is 15.9 Å². The lowest BCUT2D eigenvalue weighted by molar-refractivity contribution is -0.385. The highest BCUT2D eigenvalue weighted by molar-refractivity contribution is 9.10. The first-order valence-electron chi connectivity index (χ1n) is 12.6. The number of imide groups is 1. The van der Waals surface area contributed by atoms with Gasteiger partial charge in [0.2, 0.25) is 5.91 Å². The minimum Gasteiger partial charge on any atom is -0.324 e. The van der Waals surface area contributed by atoms with E-state index in [0.717, 1.165) is 10.5 Å². The summed E-state index contributed by atoms with van der Waals surface area (Å²) in [5.74, 6) is -2.39. The average Bonchev–Trinajstić information content (AvgIpc) is 3.66. The second-order valence-electron chi connectivity index (χ2n) is 9.77. The standard InChI is InChI=1S/C28H20BrFN6O5/c1-14(35-27(38)19-7-5-15(29)11-20(19)28(35)39)26(37)31-16-6-9-22(30)21(12-16)23-13-34(33-32-23)24-10-8-18-17(24)3-2-4-25(18)36(40)41/h2-7,9,11-14,24H,8,10H2,1H3,(H,31,37)/t14?,24-/m1/s1. The number of nitrogens with zero attached hydrogens (tertiary/aromatic N) is 5. The Morgan fingerprint density at radius 2 is 1.90 bits per heavy atom. The lowest BCUT2D eigenvalue weighted by Gasteiger charge is -2.21. The number of fused-ring (bicyclic) bond motifs is 2. The summed E-state index contributed by atoms with van der Waals surface area (Å²) in [6.45, 7) is 1.44. The second kappa shape index (κ2) is 10.0. The first-order chi connectivity index (χ1) is 19.6. The van der Waals surface area contributed by atoms with Crippen molar-refractivity contribution in [2.24, 2.45) is 0 Å². The molecule has 1 aliphatic carbocycles. The van der Waals surface area contributed by atoms with Gasteiger partial charge in [0.05, 0.1) is 28.3 Å². The van der Waals surface area contributed by atoms with Crippen LogP contribution in [0.2, 0.25) is 0 Å². The van der Waals surface area contributed by atoms with Gasteiger partial charge >= 0.3 is 0 Å². The highest BCUT2D eigenvalue weighted by Crippen LogP contribution is 2.39. The molecule has 0 bridgehead atoms. The summed E-state index contributed by atoms with van der Waals surface area (Å²) in [6, 6.07) is 12.1. The van der Waals surface area contributed by atoms with Crippen molar-refractivity contribution in [2.75, 3.05) is 5.32 Å². The van der Waals surface area contributed by atoms with Gasteiger partial charge in [-0.1, -0.05) is 33.3 Å². The van der Waals surface area contributed by atoms with E-state index >= 15 is 0 Å². The van der Waals surface area contributed by atoms with Crippen molar-refractivity contribution in [2.45, 2.75) is 31.8 Å². The zero-order chi connectivity index (χ0) is 29.0. The van der Waals surface area contributed by atoms with Crippen LogP contribution in [0.15, 0.2) is 65.3 Å². The van der Waals surface area contributed by atoms with Gasteiger partial charge in [-0.25, -0.2) is 9.07 Å². The number of nitrogens with one attached hydrogen (secondary N) is 1. The quantitative estimate of drug-likeness (QED) is 0.184. The lowest BCUT2D eigenvalue weighted by Crippen LogP contribution is -2.45. The topological polar surface area (TPSA) is 140 Å². The van der Waals surface area contributed by atoms with E-state index in [1.54, 1.807) is 23.0 Å². The van der Waals surface area contributed by atoms with Crippen molar-refractivity contribution < 1.29 is 23.7 Å². The Hall–Kier alpha value is -4.78. The highest BCUT2D eigenvalue weighted by atomic mass is 79.9. The summed E-state index contributed by atoms with van der Waals surface area (Å²) in [4.78, 5) is 50.7. The van der Waals surface area contributed by atoms with Crippen molar-refractivity contribution >= 4 is 45.0 Å². The van der Waals surface area contributed by atoms with Gasteiger partial charge in [-0.2, -0.15) is 0 Å². The predicted octanol–water partition coefficient (Wildman–Crippen LogP) is 4.91. The van der Waals surface area contributed by atoms with Crippen LogP contribution < -0.4 is 5.32 Å². The Labute approximate surface area is 240 Å². The maximum atomic E-state index is 14.9. The third-order valence-electron chi connectivity index (χ3n) is 7.40. The van der Waals surface area contributed by atoms with Crippen LogP contribution in [0.3, 0.4) is 0 Å². The Kier molecular flexibility index (Phi) is 6.45. The molecule has 0 saturated heterocycles. The maximum absolute atomic E-state index is 14.9. The smallest absolute Gasteiger partial charge is 0.272 e. The molecule has 1 N–H and O–H groups in total. The van der Waals surface area contributed by atoms with Gasteiger partial charge in [-0.15, -0.1) is 5.10 Å². The van der Waals surface area contributed by atoms with Gasteiger partial charge in [0.25, 0.3) is 17.5 Å². The van der Waals surface area contributed by atoms with E-state index in [1.807, 2.05) is 6.07 Å². The number of carbonyl (C=O) groups is 3. The van der Waals surface area contributed by atoms with E-state index < -0.39 is 34.5 Å². The van der Waals surface area contributed by atoms with E-state index in [2.05, 4.69) is 31.6 Å². The Morgan fingerprint density at radius 3 is 2.68 bits per heavy atom. The van der Waals surface area contributed by atoms with Gasteiger partial charge in [0.1, 0.15) is 17.6 Å². The molecule has 0 radical (unpaired) electrons. The molecule has 1 unspecified atom stereocenters. The largest absolute Gasteiger partial charge is 0.324 e. The third kappa shape index (κ3) is 4.47. The van der Waals surface area contributed by atoms with Crippen LogP contribution in [0.1, 0.15) is 51.2 Å². The molecule has 11 nitrogen and oxygen atoms in total. The van der Waals surface area contributed by atoms with Gasteiger partial charge < -0.3 is 5.32 Å². The highest BCUT2D eigenvalue weighted by Gasteiger charge is 2.41. The molecule has 41 heavy (non-hydrogen) atoms. The Balaban J connectivity index is 1.22. The molecule has 2 aliphatic rings. The van der Waals surface area contributed by atoms with E-state index in [4.69, 9.17) is 0 Å². The third-order valence-corrected chi connectivity index (χ3v) is 7.89. The molecule has 2 heterocycles. The number of benzene rings is 3. The molecule has 0 spiro atoms. The summed E-state index contributed by atoms with van der Waals surface area (Å²) < 4.78 is 17.1. The number of aromatic nitrogens is 3. The van der Waals surface area contributed by atoms with Crippen LogP contribution in [0.25, 0.3) is 11.3 Å². The molecule has 3 amide bonds. The fraction of sp³-hybridized carbons (Fsp3) is 0.179. The molecule has 206 valence electrons. The monoisotopic (exact) mass is 618 g/mol. The van der Waals surface area contributed by atoms with Crippen LogP contribution in [-0.2, 0) is 11.2 Å². The van der Waals surface area contributed by atoms with E-state index in [9.17, 15) is 28.9 Å². The zero-order valence-electron chi connectivity index (χ0n) is 21.4. The Morgan fingerprint density at radius 1 is 1.12 bits per heavy atom. The first kappa shape index (κ1) is 26.4. The summed E-state index contributed by atoms with van der Waals surface area (Å²) in [5.41, 5.74) is 2.40. The number of halogens is 2. The number of anilines is 1. The van der Waals surface area contributed by atoms with Crippen LogP contribution in [-0.4, -0.2) is 48.6 Å². The SMILES string of the molecule is CC(C(=O)Nc1ccc(F)c(-c2cn([C@@H]3CCc4c3cccc4[N+](=O)[O-])nn2)c1)N1C(=O)c2ccc(Br)cc2C1=O. The van der Waals surface area contributed by atoms with Crippen molar-refractivity contribution in [1.29, 1.82) is 0 Å². The minimum absolute atomic E-state index is 0.0585. The molecule has 0 saturated carbocycles. The van der Waals surface area contributed by atoms with Gasteiger partial charge in [-0.3, -0.25) is 29.4 Å². The number of rotatable bonds is 6. The van der Waals surface area contributed by atoms with Gasteiger partial charge in [0.15, 0.2) is 0 Å². The Bertz CT molecular complexity index is 1790. The molecule has 1 aliphatic heterocycles. The summed E-state index contributed by atoms with van der Waals surface area (Å²) in [6.07, 6.45) is 2.64. The predicted molar refractivity (Wildman–Crippen MR) is 148 cm³/mol. The molecule has 2 atom stereocenters. The van der Waals surface area contributed by atoms with Gasteiger partial charge in [-0.05, 0) is 61.7 Å². The molecule has 6 rings (SSSR count). The van der Waals surface area contributed by atoms with E-state index in [-0.39, 0.29) is 39.8 Å². The number of nitro benzene ring substituents is 1. The molecular formula is C28H20BrFN6O5. The zero-order valence-corrected chi connectivity index (χ0v) is 23.0. The van der Waals surface area contributed by atoms with Crippen LogP contribution in [0, 0.1) is 15.9 Å². The fourth-order valence-corrected chi connectivity index (χ4v) is 5.72. The van der Waals surface area contributed by atoms with Crippen molar-refractivity contribution in [1.82, 2.24) is 19.9 Å². The van der Waals surface area contributed by atoms with E-state index in [0.29, 0.717) is 22.9 Å². The normalized spacial score (nSPS) is 16.5. The van der Waals surface area contributed by atoms with Crippen molar-refractivity contribution in [3.63, 3.8) is 0 Å².